The molecular formula is C16H27NO2. The first-order valence-corrected chi connectivity index (χ1v) is 7.56. The van der Waals surface area contributed by atoms with Crippen LogP contribution >= 0.6 is 0 Å². The summed E-state index contributed by atoms with van der Waals surface area (Å²) >= 11 is 0. The van der Waals surface area contributed by atoms with Crippen molar-refractivity contribution < 1.29 is 9.90 Å². The van der Waals surface area contributed by atoms with Crippen molar-refractivity contribution in [3.8, 4) is 0 Å². The lowest BCUT2D eigenvalue weighted by Crippen LogP contribution is -2.15. The standard InChI is InChI=1S/C16H27NO2/c1-3-5-6-7-8-9-13-10-15(17-12-13)11-14(4-2)16(18)19/h10,12,14,17H,3-9,11H2,1-2H3,(H,18,19). The zero-order valence-corrected chi connectivity index (χ0v) is 12.2. The first-order chi connectivity index (χ1) is 9.17. The average molecular weight is 265 g/mol. The minimum atomic E-state index is -0.696. The van der Waals surface area contributed by atoms with E-state index >= 15 is 0 Å². The lowest BCUT2D eigenvalue weighted by Gasteiger charge is -2.07. The molecule has 0 radical (unpaired) electrons. The van der Waals surface area contributed by atoms with Gasteiger partial charge in [-0.15, -0.1) is 0 Å². The number of aromatic amines is 1. The Bertz CT molecular complexity index is 371. The van der Waals surface area contributed by atoms with Crippen molar-refractivity contribution in [1.29, 1.82) is 0 Å². The van der Waals surface area contributed by atoms with E-state index in [1.807, 2.05) is 13.1 Å². The molecule has 3 heteroatoms. The van der Waals surface area contributed by atoms with Crippen LogP contribution in [0.25, 0.3) is 0 Å². The Hall–Kier alpha value is -1.25. The number of carboxylic acid groups (broad SMARTS) is 1. The first-order valence-electron chi connectivity index (χ1n) is 7.56. The van der Waals surface area contributed by atoms with Gasteiger partial charge in [0.25, 0.3) is 0 Å². The summed E-state index contributed by atoms with van der Waals surface area (Å²) in [6.07, 6.45) is 10.9. The molecule has 1 unspecified atom stereocenters. The highest BCUT2D eigenvalue weighted by atomic mass is 16.4. The minimum Gasteiger partial charge on any atom is -0.481 e. The van der Waals surface area contributed by atoms with Crippen molar-refractivity contribution in [2.45, 2.75) is 65.2 Å². The van der Waals surface area contributed by atoms with Crippen LogP contribution in [-0.2, 0) is 17.6 Å². The van der Waals surface area contributed by atoms with E-state index in [0.717, 1.165) is 12.1 Å². The molecule has 0 aliphatic heterocycles. The van der Waals surface area contributed by atoms with Crippen molar-refractivity contribution in [3.05, 3.63) is 23.5 Å². The Morgan fingerprint density at radius 2 is 2.00 bits per heavy atom. The van der Waals surface area contributed by atoms with Crippen LogP contribution in [0, 0.1) is 5.92 Å². The number of H-pyrrole nitrogens is 1. The van der Waals surface area contributed by atoms with Gasteiger partial charge in [0.1, 0.15) is 0 Å². The van der Waals surface area contributed by atoms with Crippen LogP contribution in [-0.4, -0.2) is 16.1 Å². The predicted molar refractivity (Wildman–Crippen MR) is 78.4 cm³/mol. The molecule has 0 amide bonds. The molecule has 0 saturated carbocycles. The van der Waals surface area contributed by atoms with Crippen molar-refractivity contribution in [3.63, 3.8) is 0 Å². The molecule has 0 bridgehead atoms. The molecule has 0 aromatic carbocycles. The number of carbonyl (C=O) groups is 1. The molecule has 1 atom stereocenters. The molecule has 0 fully saturated rings. The van der Waals surface area contributed by atoms with Gasteiger partial charge in [0.05, 0.1) is 5.92 Å². The Labute approximate surface area is 116 Å². The van der Waals surface area contributed by atoms with Crippen molar-refractivity contribution in [1.82, 2.24) is 4.98 Å². The molecule has 1 heterocycles. The summed E-state index contributed by atoms with van der Waals surface area (Å²) in [4.78, 5) is 14.2. The van der Waals surface area contributed by atoms with Gasteiger partial charge in [-0.25, -0.2) is 0 Å². The Kier molecular flexibility index (Phi) is 7.31. The molecule has 1 aromatic rings. The maximum atomic E-state index is 11.0. The molecule has 0 saturated heterocycles. The molecule has 0 aliphatic carbocycles. The second-order valence-corrected chi connectivity index (χ2v) is 5.34. The van der Waals surface area contributed by atoms with Crippen LogP contribution in [0.3, 0.4) is 0 Å². The van der Waals surface area contributed by atoms with Gasteiger partial charge >= 0.3 is 5.97 Å². The Balaban J connectivity index is 2.33. The lowest BCUT2D eigenvalue weighted by molar-refractivity contribution is -0.141. The molecular weight excluding hydrogens is 238 g/mol. The highest BCUT2D eigenvalue weighted by Gasteiger charge is 2.16. The molecule has 0 spiro atoms. The highest BCUT2D eigenvalue weighted by Crippen LogP contribution is 2.15. The zero-order chi connectivity index (χ0) is 14.1. The number of nitrogens with one attached hydrogen (secondary N) is 1. The fraction of sp³-hybridized carbons (Fsp3) is 0.688. The average Bonchev–Trinajstić information content (AvgIpc) is 2.83. The molecule has 19 heavy (non-hydrogen) atoms. The highest BCUT2D eigenvalue weighted by molar-refractivity contribution is 5.70. The molecule has 0 aliphatic rings. The van der Waals surface area contributed by atoms with Crippen LogP contribution in [0.5, 0.6) is 0 Å². The number of hydrogen-bond donors (Lipinski definition) is 2. The van der Waals surface area contributed by atoms with Gasteiger partial charge < -0.3 is 10.1 Å². The largest absolute Gasteiger partial charge is 0.481 e. The Morgan fingerprint density at radius 1 is 1.26 bits per heavy atom. The van der Waals surface area contributed by atoms with Gasteiger partial charge in [0.15, 0.2) is 0 Å². The van der Waals surface area contributed by atoms with Crippen LogP contribution in [0.1, 0.15) is 63.6 Å². The third-order valence-corrected chi connectivity index (χ3v) is 3.68. The van der Waals surface area contributed by atoms with Crippen molar-refractivity contribution in [2.24, 2.45) is 5.92 Å². The van der Waals surface area contributed by atoms with E-state index in [1.54, 1.807) is 0 Å². The summed E-state index contributed by atoms with van der Waals surface area (Å²) in [5.74, 6) is -0.964. The monoisotopic (exact) mass is 265 g/mol. The summed E-state index contributed by atoms with van der Waals surface area (Å²) in [6.45, 7) is 4.15. The predicted octanol–water partition coefficient (Wildman–Crippen LogP) is 4.18. The maximum Gasteiger partial charge on any atom is 0.306 e. The van der Waals surface area contributed by atoms with E-state index in [2.05, 4.69) is 18.0 Å². The normalized spacial score (nSPS) is 12.5. The van der Waals surface area contributed by atoms with Gasteiger partial charge in [-0.2, -0.15) is 0 Å². The number of carboxylic acids is 1. The van der Waals surface area contributed by atoms with Gasteiger partial charge in [-0.3, -0.25) is 4.79 Å². The van der Waals surface area contributed by atoms with Gasteiger partial charge in [-0.1, -0.05) is 39.5 Å². The first kappa shape index (κ1) is 15.8. The summed E-state index contributed by atoms with van der Waals surface area (Å²) in [7, 11) is 0. The molecule has 2 N–H and O–H groups in total. The zero-order valence-electron chi connectivity index (χ0n) is 12.2. The molecule has 3 nitrogen and oxygen atoms in total. The minimum absolute atomic E-state index is 0.268. The van der Waals surface area contributed by atoms with E-state index in [1.165, 1.54) is 37.7 Å². The van der Waals surface area contributed by atoms with E-state index in [-0.39, 0.29) is 5.92 Å². The van der Waals surface area contributed by atoms with E-state index < -0.39 is 5.97 Å². The second-order valence-electron chi connectivity index (χ2n) is 5.34. The fourth-order valence-electron chi connectivity index (χ4n) is 2.36. The number of hydrogen-bond acceptors (Lipinski definition) is 1. The quantitative estimate of drug-likeness (QED) is 0.623. The van der Waals surface area contributed by atoms with Crippen molar-refractivity contribution >= 4 is 5.97 Å². The SMILES string of the molecule is CCCCCCCc1c[nH]c(CC(CC)C(=O)O)c1. The topological polar surface area (TPSA) is 53.1 Å². The number of aliphatic carboxylic acids is 1. The van der Waals surface area contributed by atoms with E-state index in [0.29, 0.717) is 12.8 Å². The van der Waals surface area contributed by atoms with Crippen LogP contribution in [0.4, 0.5) is 0 Å². The molecule has 1 aromatic heterocycles. The number of unbranched alkanes of at least 4 members (excludes halogenated alkanes) is 4. The van der Waals surface area contributed by atoms with Crippen LogP contribution in [0.15, 0.2) is 12.3 Å². The third-order valence-electron chi connectivity index (χ3n) is 3.68. The maximum absolute atomic E-state index is 11.0. The van der Waals surface area contributed by atoms with Gasteiger partial charge in [0, 0.05) is 18.3 Å². The van der Waals surface area contributed by atoms with Gasteiger partial charge in [-0.05, 0) is 30.9 Å². The smallest absolute Gasteiger partial charge is 0.306 e. The fourth-order valence-corrected chi connectivity index (χ4v) is 2.36. The van der Waals surface area contributed by atoms with E-state index in [9.17, 15) is 4.79 Å². The van der Waals surface area contributed by atoms with Crippen LogP contribution < -0.4 is 0 Å². The third kappa shape index (κ3) is 5.95. The lowest BCUT2D eigenvalue weighted by atomic mass is 10.0. The van der Waals surface area contributed by atoms with Crippen LogP contribution in [0.2, 0.25) is 0 Å². The number of aromatic nitrogens is 1. The molecule has 1 rings (SSSR count). The second kappa shape index (κ2) is 8.78. The van der Waals surface area contributed by atoms with Gasteiger partial charge in [0.2, 0.25) is 0 Å². The molecule has 108 valence electrons. The summed E-state index contributed by atoms with van der Waals surface area (Å²) in [5.41, 5.74) is 2.37. The van der Waals surface area contributed by atoms with Crippen molar-refractivity contribution in [2.75, 3.05) is 0 Å². The summed E-state index contributed by atoms with van der Waals surface area (Å²) < 4.78 is 0. The van der Waals surface area contributed by atoms with E-state index in [4.69, 9.17) is 5.11 Å². The summed E-state index contributed by atoms with van der Waals surface area (Å²) in [6, 6.07) is 2.13. The number of aryl methyl sites for hydroxylation is 1. The summed E-state index contributed by atoms with van der Waals surface area (Å²) in [5, 5.41) is 9.05. The number of rotatable bonds is 10. The Morgan fingerprint density at radius 3 is 2.63 bits per heavy atom.